The topological polar surface area (TPSA) is 106 Å². The summed E-state index contributed by atoms with van der Waals surface area (Å²) in [6.07, 6.45) is 8.92. The van der Waals surface area contributed by atoms with E-state index < -0.39 is 5.60 Å². The number of hydrogen-bond donors (Lipinski definition) is 1. The highest BCUT2D eigenvalue weighted by Gasteiger charge is 2.36. The molecule has 0 spiro atoms. The van der Waals surface area contributed by atoms with Gasteiger partial charge in [-0.05, 0) is 31.9 Å². The van der Waals surface area contributed by atoms with Gasteiger partial charge in [0.05, 0.1) is 17.5 Å². The molecule has 1 aliphatic rings. The minimum absolute atomic E-state index is 0.542. The molecular formula is C22H24N6O3. The molecule has 1 fully saturated rings. The molecule has 0 saturated carbocycles. The molecule has 4 aromatic heterocycles. The summed E-state index contributed by atoms with van der Waals surface area (Å²) < 4.78 is 13.0. The first kappa shape index (κ1) is 19.5. The zero-order valence-electron chi connectivity index (χ0n) is 17.5. The summed E-state index contributed by atoms with van der Waals surface area (Å²) in [5.74, 6) is 2.51. The number of aromatic nitrogens is 5. The summed E-state index contributed by atoms with van der Waals surface area (Å²) in [5, 5.41) is 15.3. The van der Waals surface area contributed by atoms with Gasteiger partial charge >= 0.3 is 0 Å². The quantitative estimate of drug-likeness (QED) is 0.536. The fourth-order valence-corrected chi connectivity index (χ4v) is 4.15. The Hall–Kier alpha value is -3.46. The van der Waals surface area contributed by atoms with Gasteiger partial charge < -0.3 is 23.5 Å². The van der Waals surface area contributed by atoms with Crippen LogP contribution in [-0.2, 0) is 12.6 Å². The smallest absolute Gasteiger partial charge is 0.226 e. The summed E-state index contributed by atoms with van der Waals surface area (Å²) in [6, 6.07) is 5.54. The van der Waals surface area contributed by atoms with Crippen molar-refractivity contribution in [3.63, 3.8) is 0 Å². The predicted molar refractivity (Wildman–Crippen MR) is 113 cm³/mol. The van der Waals surface area contributed by atoms with Crippen LogP contribution in [0.5, 0.6) is 0 Å². The Labute approximate surface area is 179 Å². The monoisotopic (exact) mass is 420 g/mol. The van der Waals surface area contributed by atoms with Gasteiger partial charge in [-0.25, -0.2) is 15.0 Å². The molecule has 1 aliphatic heterocycles. The molecule has 9 heteroatoms. The number of imidazole rings is 1. The van der Waals surface area contributed by atoms with E-state index in [0.717, 1.165) is 24.2 Å². The molecule has 0 radical (unpaired) electrons. The van der Waals surface area contributed by atoms with Crippen LogP contribution in [-0.4, -0.2) is 42.9 Å². The van der Waals surface area contributed by atoms with Crippen LogP contribution in [0.4, 0.5) is 5.95 Å². The van der Waals surface area contributed by atoms with E-state index in [1.807, 2.05) is 42.9 Å². The van der Waals surface area contributed by atoms with Crippen molar-refractivity contribution in [1.29, 1.82) is 0 Å². The standard InChI is InChI=1S/C22H24N6O3/c1-15-13-18(31-26-15)16-14-24-21(25-19(16)17-5-3-12-30-17)28-9-4-6-22(29,7-10-28)20-23-8-11-27(20)2/h3,5,8,11-14,29H,4,6-7,9-10H2,1-2H3. The molecule has 31 heavy (non-hydrogen) atoms. The van der Waals surface area contributed by atoms with Gasteiger partial charge in [0.2, 0.25) is 5.95 Å². The van der Waals surface area contributed by atoms with Gasteiger partial charge in [0, 0.05) is 51.2 Å². The lowest BCUT2D eigenvalue weighted by molar-refractivity contribution is 0.0129. The van der Waals surface area contributed by atoms with Gasteiger partial charge in [0.15, 0.2) is 11.5 Å². The molecule has 0 amide bonds. The van der Waals surface area contributed by atoms with Crippen molar-refractivity contribution in [2.24, 2.45) is 7.05 Å². The number of aryl methyl sites for hydroxylation is 2. The molecule has 4 aromatic rings. The molecule has 1 N–H and O–H groups in total. The van der Waals surface area contributed by atoms with E-state index in [0.29, 0.717) is 48.4 Å². The van der Waals surface area contributed by atoms with Crippen LogP contribution >= 0.6 is 0 Å². The van der Waals surface area contributed by atoms with E-state index in [2.05, 4.69) is 20.0 Å². The number of rotatable bonds is 4. The largest absolute Gasteiger partial charge is 0.463 e. The molecule has 1 unspecified atom stereocenters. The van der Waals surface area contributed by atoms with Crippen molar-refractivity contribution in [3.05, 3.63) is 54.6 Å². The number of nitrogens with zero attached hydrogens (tertiary/aromatic N) is 6. The van der Waals surface area contributed by atoms with Crippen molar-refractivity contribution in [3.8, 4) is 22.8 Å². The number of furan rings is 1. The molecule has 5 heterocycles. The number of anilines is 1. The summed E-state index contributed by atoms with van der Waals surface area (Å²) in [4.78, 5) is 15.9. The molecule has 1 saturated heterocycles. The van der Waals surface area contributed by atoms with Gasteiger partial charge in [-0.15, -0.1) is 0 Å². The first-order valence-electron chi connectivity index (χ1n) is 10.3. The number of hydrogen-bond acceptors (Lipinski definition) is 8. The molecule has 1 atom stereocenters. The molecular weight excluding hydrogens is 396 g/mol. The third-order valence-corrected chi connectivity index (χ3v) is 5.76. The van der Waals surface area contributed by atoms with Gasteiger partial charge in [0.25, 0.3) is 0 Å². The van der Waals surface area contributed by atoms with E-state index in [1.165, 1.54) is 0 Å². The van der Waals surface area contributed by atoms with Crippen LogP contribution in [0.25, 0.3) is 22.8 Å². The minimum atomic E-state index is -0.964. The van der Waals surface area contributed by atoms with Crippen molar-refractivity contribution < 1.29 is 14.0 Å². The summed E-state index contributed by atoms with van der Waals surface area (Å²) >= 11 is 0. The van der Waals surface area contributed by atoms with Crippen LogP contribution < -0.4 is 4.90 Å². The van der Waals surface area contributed by atoms with Crippen molar-refractivity contribution in [2.45, 2.75) is 31.8 Å². The summed E-state index contributed by atoms with van der Waals surface area (Å²) in [6.45, 7) is 3.22. The zero-order chi connectivity index (χ0) is 21.4. The van der Waals surface area contributed by atoms with Crippen molar-refractivity contribution in [2.75, 3.05) is 18.0 Å². The van der Waals surface area contributed by atoms with Gasteiger partial charge in [0.1, 0.15) is 17.1 Å². The fraction of sp³-hybridized carbons (Fsp3) is 0.364. The second kappa shape index (κ2) is 7.66. The second-order valence-electron chi connectivity index (χ2n) is 7.98. The average molecular weight is 420 g/mol. The Morgan fingerprint density at radius 2 is 2.06 bits per heavy atom. The van der Waals surface area contributed by atoms with Gasteiger partial charge in [-0.2, -0.15) is 0 Å². The highest BCUT2D eigenvalue weighted by Crippen LogP contribution is 2.35. The zero-order valence-corrected chi connectivity index (χ0v) is 17.5. The van der Waals surface area contributed by atoms with E-state index >= 15 is 0 Å². The third kappa shape index (κ3) is 3.61. The highest BCUT2D eigenvalue weighted by atomic mass is 16.5. The summed E-state index contributed by atoms with van der Waals surface area (Å²) in [5.41, 5.74) is 1.19. The van der Waals surface area contributed by atoms with Crippen molar-refractivity contribution in [1.82, 2.24) is 24.7 Å². The maximum Gasteiger partial charge on any atom is 0.226 e. The van der Waals surface area contributed by atoms with Gasteiger partial charge in [-0.1, -0.05) is 5.16 Å². The Balaban J connectivity index is 1.47. The first-order chi connectivity index (χ1) is 15.0. The fourth-order valence-electron chi connectivity index (χ4n) is 4.15. The third-order valence-electron chi connectivity index (χ3n) is 5.76. The van der Waals surface area contributed by atoms with Crippen LogP contribution in [0.2, 0.25) is 0 Å². The van der Waals surface area contributed by atoms with E-state index in [4.69, 9.17) is 13.9 Å². The molecule has 0 aromatic carbocycles. The average Bonchev–Trinajstić information content (AvgIpc) is 3.51. The van der Waals surface area contributed by atoms with Crippen LogP contribution in [0.3, 0.4) is 0 Å². The minimum Gasteiger partial charge on any atom is -0.463 e. The normalized spacial score (nSPS) is 19.5. The lowest BCUT2D eigenvalue weighted by Gasteiger charge is -2.26. The lowest BCUT2D eigenvalue weighted by Crippen LogP contribution is -2.32. The van der Waals surface area contributed by atoms with Crippen molar-refractivity contribution >= 4 is 5.95 Å². The maximum absolute atomic E-state index is 11.3. The molecule has 160 valence electrons. The Morgan fingerprint density at radius 3 is 2.77 bits per heavy atom. The molecule has 0 bridgehead atoms. The Morgan fingerprint density at radius 1 is 1.16 bits per heavy atom. The van der Waals surface area contributed by atoms with Gasteiger partial charge in [-0.3, -0.25) is 0 Å². The van der Waals surface area contributed by atoms with Crippen LogP contribution in [0, 0.1) is 6.92 Å². The Kier molecular flexibility index (Phi) is 4.82. The SMILES string of the molecule is Cc1cc(-c2cnc(N3CCCC(O)(c4nccn4C)CC3)nc2-c2ccco2)on1. The van der Waals surface area contributed by atoms with E-state index in [9.17, 15) is 5.11 Å². The lowest BCUT2D eigenvalue weighted by atomic mass is 9.94. The van der Waals surface area contributed by atoms with E-state index in [-0.39, 0.29) is 0 Å². The summed E-state index contributed by atoms with van der Waals surface area (Å²) in [7, 11) is 1.91. The first-order valence-corrected chi connectivity index (χ1v) is 10.3. The maximum atomic E-state index is 11.3. The second-order valence-corrected chi connectivity index (χ2v) is 7.98. The van der Waals surface area contributed by atoms with E-state index in [1.54, 1.807) is 18.7 Å². The molecule has 9 nitrogen and oxygen atoms in total. The predicted octanol–water partition coefficient (Wildman–Crippen LogP) is 3.31. The Bertz CT molecular complexity index is 1180. The molecule has 0 aliphatic carbocycles. The van der Waals surface area contributed by atoms with Crippen LogP contribution in [0.15, 0.2) is 52.0 Å². The molecule has 5 rings (SSSR count). The highest BCUT2D eigenvalue weighted by molar-refractivity contribution is 5.75. The number of aliphatic hydroxyl groups is 1. The van der Waals surface area contributed by atoms with Crippen LogP contribution in [0.1, 0.15) is 30.8 Å².